The molecule has 28 heavy (non-hydrogen) atoms. The Morgan fingerprint density at radius 3 is 2.64 bits per heavy atom. The van der Waals surface area contributed by atoms with Crippen molar-refractivity contribution in [2.75, 3.05) is 6.61 Å². The number of aliphatic hydroxyl groups is 3. The van der Waals surface area contributed by atoms with Crippen LogP contribution in [0.1, 0.15) is 46.5 Å². The fraction of sp³-hybridized carbons (Fsp3) is 0.727. The lowest BCUT2D eigenvalue weighted by atomic mass is 9.46. The van der Waals surface area contributed by atoms with Crippen molar-refractivity contribution in [3.05, 3.63) is 23.8 Å². The molecule has 0 aromatic carbocycles. The SMILES string of the molecule is C[C@H]1C[C@H]2[C@@H]3CC=C4CC(=O)C=C[C@]4(C)[C@@]3(Cl)[C@@H](O)C[C@]2(C)[C@@]1(O)C(=O)CO. The molecule has 0 heterocycles. The summed E-state index contributed by atoms with van der Waals surface area (Å²) in [6.07, 6.45) is 6.19. The number of alkyl halides is 1. The molecule has 0 spiro atoms. The number of carbonyl (C=O) groups excluding carboxylic acids is 2. The zero-order chi connectivity index (χ0) is 20.7. The molecule has 5 nitrogen and oxygen atoms in total. The molecule has 0 radical (unpaired) electrons. The first-order valence-corrected chi connectivity index (χ1v) is 10.5. The van der Waals surface area contributed by atoms with Crippen LogP contribution < -0.4 is 0 Å². The first-order valence-electron chi connectivity index (χ1n) is 10.1. The topological polar surface area (TPSA) is 94.8 Å². The van der Waals surface area contributed by atoms with Crippen LogP contribution in [0.15, 0.2) is 23.8 Å². The monoisotopic (exact) mass is 408 g/mol. The van der Waals surface area contributed by atoms with Gasteiger partial charge in [-0.15, -0.1) is 11.6 Å². The lowest BCUT2D eigenvalue weighted by molar-refractivity contribution is -0.178. The first kappa shape index (κ1) is 20.3. The molecule has 8 atom stereocenters. The highest BCUT2D eigenvalue weighted by atomic mass is 35.5. The van der Waals surface area contributed by atoms with Crippen molar-refractivity contribution in [3.63, 3.8) is 0 Å². The van der Waals surface area contributed by atoms with Gasteiger partial charge in [-0.3, -0.25) is 9.59 Å². The van der Waals surface area contributed by atoms with Crippen LogP contribution in [0.25, 0.3) is 0 Å². The number of aliphatic hydroxyl groups excluding tert-OH is 2. The van der Waals surface area contributed by atoms with Gasteiger partial charge in [0.25, 0.3) is 0 Å². The summed E-state index contributed by atoms with van der Waals surface area (Å²) in [6.45, 7) is 4.96. The van der Waals surface area contributed by atoms with Crippen molar-refractivity contribution in [3.8, 4) is 0 Å². The summed E-state index contributed by atoms with van der Waals surface area (Å²) in [5, 5.41) is 32.3. The van der Waals surface area contributed by atoms with Gasteiger partial charge < -0.3 is 15.3 Å². The van der Waals surface area contributed by atoms with E-state index < -0.39 is 39.8 Å². The molecular weight excluding hydrogens is 380 g/mol. The van der Waals surface area contributed by atoms with Crippen molar-refractivity contribution in [1.29, 1.82) is 0 Å². The Labute approximate surface area is 170 Å². The number of hydrogen-bond acceptors (Lipinski definition) is 5. The fourth-order valence-electron chi connectivity index (χ4n) is 7.17. The second kappa shape index (κ2) is 6.00. The zero-order valence-electron chi connectivity index (χ0n) is 16.6. The second-order valence-corrected chi connectivity index (χ2v) is 10.4. The standard InChI is InChI=1S/C22H29ClO5/c1-12-8-16-15-5-4-13-9-14(25)6-7-19(13,2)21(15,23)17(26)10-20(16,3)22(12,28)18(27)11-24/h4,6-7,12,15-17,24,26,28H,5,8-11H2,1-3H3/t12-,15-,16-,17-,19-,20-,21-,22-/m0/s1. The third kappa shape index (κ3) is 2.09. The second-order valence-electron chi connectivity index (χ2n) is 9.75. The molecule has 3 N–H and O–H groups in total. The molecule has 2 fully saturated rings. The van der Waals surface area contributed by atoms with Gasteiger partial charge in [-0.1, -0.05) is 38.5 Å². The van der Waals surface area contributed by atoms with Gasteiger partial charge >= 0.3 is 0 Å². The predicted molar refractivity (Wildman–Crippen MR) is 105 cm³/mol. The Balaban J connectivity index is 1.85. The van der Waals surface area contributed by atoms with E-state index in [1.165, 1.54) is 0 Å². The van der Waals surface area contributed by atoms with Crippen LogP contribution in [-0.4, -0.2) is 50.1 Å². The van der Waals surface area contributed by atoms with E-state index in [0.717, 1.165) is 5.57 Å². The highest BCUT2D eigenvalue weighted by Crippen LogP contribution is 2.70. The maximum Gasteiger partial charge on any atom is 0.190 e. The molecule has 4 aliphatic rings. The first-order chi connectivity index (χ1) is 13.0. The van der Waals surface area contributed by atoms with E-state index in [4.69, 9.17) is 11.6 Å². The molecule has 6 heteroatoms. The third-order valence-electron chi connectivity index (χ3n) is 8.75. The Morgan fingerprint density at radius 1 is 1.32 bits per heavy atom. The molecule has 0 aliphatic heterocycles. The lowest BCUT2D eigenvalue weighted by Crippen LogP contribution is -2.68. The summed E-state index contributed by atoms with van der Waals surface area (Å²) in [6, 6.07) is 0. The van der Waals surface area contributed by atoms with E-state index in [1.807, 2.05) is 26.8 Å². The van der Waals surface area contributed by atoms with Gasteiger partial charge in [0, 0.05) is 17.3 Å². The van der Waals surface area contributed by atoms with Crippen molar-refractivity contribution in [2.45, 2.75) is 63.0 Å². The van der Waals surface area contributed by atoms with Gasteiger partial charge in [-0.2, -0.15) is 0 Å². The number of ketones is 2. The van der Waals surface area contributed by atoms with Gasteiger partial charge in [-0.05, 0) is 43.1 Å². The van der Waals surface area contributed by atoms with Crippen LogP contribution in [0.5, 0.6) is 0 Å². The normalized spacial score (nSPS) is 52.5. The number of halogens is 1. The quantitative estimate of drug-likeness (QED) is 0.480. The molecule has 0 unspecified atom stereocenters. The molecule has 4 aliphatic carbocycles. The maximum absolute atomic E-state index is 12.6. The average Bonchev–Trinajstić information content (AvgIpc) is 2.84. The van der Waals surface area contributed by atoms with Crippen LogP contribution in [0.4, 0.5) is 0 Å². The fourth-order valence-corrected chi connectivity index (χ4v) is 7.67. The summed E-state index contributed by atoms with van der Waals surface area (Å²) in [5.41, 5.74) is -2.27. The number of carbonyl (C=O) groups is 2. The largest absolute Gasteiger partial charge is 0.391 e. The molecule has 0 aromatic rings. The number of fused-ring (bicyclic) bond motifs is 5. The smallest absolute Gasteiger partial charge is 0.190 e. The Hall–Kier alpha value is -1.01. The highest BCUT2D eigenvalue weighted by molar-refractivity contribution is 6.26. The van der Waals surface area contributed by atoms with E-state index in [2.05, 4.69) is 6.08 Å². The molecular formula is C22H29ClO5. The van der Waals surface area contributed by atoms with Gasteiger partial charge in [0.05, 0.1) is 11.0 Å². The predicted octanol–water partition coefficient (Wildman–Crippen LogP) is 2.17. The van der Waals surface area contributed by atoms with E-state index >= 15 is 0 Å². The molecule has 0 saturated heterocycles. The van der Waals surface area contributed by atoms with E-state index in [1.54, 1.807) is 6.08 Å². The van der Waals surface area contributed by atoms with Gasteiger partial charge in [0.15, 0.2) is 11.6 Å². The summed E-state index contributed by atoms with van der Waals surface area (Å²) < 4.78 is 0. The zero-order valence-corrected chi connectivity index (χ0v) is 17.4. The Kier molecular flexibility index (Phi) is 4.35. The minimum atomic E-state index is -1.69. The van der Waals surface area contributed by atoms with Gasteiger partial charge in [0.1, 0.15) is 12.2 Å². The molecule has 0 bridgehead atoms. The van der Waals surface area contributed by atoms with E-state index in [0.29, 0.717) is 19.3 Å². The van der Waals surface area contributed by atoms with E-state index in [9.17, 15) is 24.9 Å². The van der Waals surface area contributed by atoms with Crippen molar-refractivity contribution in [1.82, 2.24) is 0 Å². The van der Waals surface area contributed by atoms with Crippen LogP contribution in [0, 0.1) is 28.6 Å². The van der Waals surface area contributed by atoms with E-state index in [-0.39, 0.29) is 30.0 Å². The summed E-state index contributed by atoms with van der Waals surface area (Å²) in [4.78, 5) is 23.5. The summed E-state index contributed by atoms with van der Waals surface area (Å²) in [7, 11) is 0. The Bertz CT molecular complexity index is 805. The van der Waals surface area contributed by atoms with Crippen molar-refractivity contribution in [2.24, 2.45) is 28.6 Å². The van der Waals surface area contributed by atoms with Gasteiger partial charge in [0.2, 0.25) is 0 Å². The van der Waals surface area contributed by atoms with Gasteiger partial charge in [-0.25, -0.2) is 0 Å². The van der Waals surface area contributed by atoms with Crippen molar-refractivity contribution < 1.29 is 24.9 Å². The minimum absolute atomic E-state index is 0.0370. The maximum atomic E-state index is 12.6. The number of Topliss-reactive ketones (excluding diaryl/α,β-unsaturated/α-hetero) is 1. The number of hydrogen-bond donors (Lipinski definition) is 3. The molecule has 4 rings (SSSR count). The summed E-state index contributed by atoms with van der Waals surface area (Å²) in [5.74, 6) is -1.12. The molecule has 2 saturated carbocycles. The molecule has 154 valence electrons. The minimum Gasteiger partial charge on any atom is -0.391 e. The Morgan fingerprint density at radius 2 is 2.00 bits per heavy atom. The van der Waals surface area contributed by atoms with Crippen LogP contribution >= 0.6 is 11.6 Å². The third-order valence-corrected chi connectivity index (χ3v) is 9.68. The highest BCUT2D eigenvalue weighted by Gasteiger charge is 2.74. The molecule has 0 aromatic heterocycles. The van der Waals surface area contributed by atoms with Crippen LogP contribution in [0.3, 0.4) is 0 Å². The lowest BCUT2D eigenvalue weighted by Gasteiger charge is -2.63. The molecule has 0 amide bonds. The van der Waals surface area contributed by atoms with Crippen LogP contribution in [-0.2, 0) is 9.59 Å². The number of rotatable bonds is 2. The van der Waals surface area contributed by atoms with Crippen LogP contribution in [0.2, 0.25) is 0 Å². The number of allylic oxidation sites excluding steroid dienone is 4. The van der Waals surface area contributed by atoms with Crippen molar-refractivity contribution >= 4 is 23.2 Å². The summed E-state index contributed by atoms with van der Waals surface area (Å²) >= 11 is 7.30. The average molecular weight is 409 g/mol.